The van der Waals surface area contributed by atoms with Crippen LogP contribution in [0.15, 0.2) is 41.3 Å². The Morgan fingerprint density at radius 3 is 2.56 bits per heavy atom. The largest absolute Gasteiger partial charge is 0.394 e. The van der Waals surface area contributed by atoms with Crippen molar-refractivity contribution < 1.29 is 27.4 Å². The van der Waals surface area contributed by atoms with Crippen LogP contribution >= 0.6 is 0 Å². The van der Waals surface area contributed by atoms with Crippen molar-refractivity contribution in [3.63, 3.8) is 0 Å². The smallest absolute Gasteiger partial charge is 0.241 e. The Balaban J connectivity index is 2.08. The van der Waals surface area contributed by atoms with E-state index >= 15 is 0 Å². The van der Waals surface area contributed by atoms with Crippen LogP contribution in [0.25, 0.3) is 0 Å². The minimum Gasteiger partial charge on any atom is -0.394 e. The Hall–Kier alpha value is -1.81. The minimum absolute atomic E-state index is 0.0816. The normalized spacial score (nSPS) is 23.4. The fourth-order valence-corrected chi connectivity index (χ4v) is 3.64. The van der Waals surface area contributed by atoms with E-state index in [4.69, 9.17) is 4.74 Å². The molecule has 0 aliphatic carbocycles. The highest BCUT2D eigenvalue weighted by Gasteiger charge is 2.31. The van der Waals surface area contributed by atoms with E-state index in [0.717, 1.165) is 24.3 Å². The van der Waals surface area contributed by atoms with E-state index in [1.54, 1.807) is 19.1 Å². The van der Waals surface area contributed by atoms with Gasteiger partial charge in [-0.3, -0.25) is 4.79 Å². The third-order valence-electron chi connectivity index (χ3n) is 3.64. The molecule has 0 bridgehead atoms. The zero-order chi connectivity index (χ0) is 18.4. The topological polar surface area (TPSA) is 105 Å². The molecule has 25 heavy (non-hydrogen) atoms. The second-order valence-corrected chi connectivity index (χ2v) is 7.25. The number of hydrogen-bond donors (Lipinski definition) is 3. The van der Waals surface area contributed by atoms with Gasteiger partial charge in [-0.25, -0.2) is 17.5 Å². The molecule has 0 fully saturated rings. The van der Waals surface area contributed by atoms with Crippen LogP contribution in [0, 0.1) is 5.82 Å². The van der Waals surface area contributed by atoms with Crippen LogP contribution in [0.1, 0.15) is 13.3 Å². The molecule has 0 spiro atoms. The molecular formula is C16H21FN2O5S. The Bertz CT molecular complexity index is 721. The summed E-state index contributed by atoms with van der Waals surface area (Å²) in [7, 11) is -3.91. The van der Waals surface area contributed by atoms with Crippen LogP contribution < -0.4 is 10.0 Å². The maximum Gasteiger partial charge on any atom is 0.241 e. The van der Waals surface area contributed by atoms with Gasteiger partial charge in [0.15, 0.2) is 0 Å². The van der Waals surface area contributed by atoms with Crippen LogP contribution in [0.4, 0.5) is 4.39 Å². The molecule has 0 radical (unpaired) electrons. The lowest BCUT2D eigenvalue weighted by atomic mass is 10.1. The fourth-order valence-electron chi connectivity index (χ4n) is 2.42. The number of aliphatic hydroxyl groups is 1. The predicted molar refractivity (Wildman–Crippen MR) is 88.7 cm³/mol. The van der Waals surface area contributed by atoms with Crippen molar-refractivity contribution in [3.05, 3.63) is 42.2 Å². The van der Waals surface area contributed by atoms with Gasteiger partial charge in [0.05, 0.1) is 30.1 Å². The average Bonchev–Trinajstić information content (AvgIpc) is 2.56. The predicted octanol–water partition coefficient (Wildman–Crippen LogP) is 0.315. The van der Waals surface area contributed by atoms with E-state index in [-0.39, 0.29) is 17.2 Å². The maximum absolute atomic E-state index is 12.9. The summed E-state index contributed by atoms with van der Waals surface area (Å²) in [6.45, 7) is 1.87. The van der Waals surface area contributed by atoms with Gasteiger partial charge in [-0.1, -0.05) is 12.2 Å². The average molecular weight is 372 g/mol. The number of rotatable bonds is 7. The number of amides is 1. The molecular weight excluding hydrogens is 351 g/mol. The lowest BCUT2D eigenvalue weighted by Gasteiger charge is -2.31. The molecule has 1 aromatic rings. The summed E-state index contributed by atoms with van der Waals surface area (Å²) >= 11 is 0. The second-order valence-electron chi connectivity index (χ2n) is 5.54. The summed E-state index contributed by atoms with van der Waals surface area (Å²) < 4.78 is 45.6. The first-order valence-electron chi connectivity index (χ1n) is 7.85. The summed E-state index contributed by atoms with van der Waals surface area (Å²) in [6, 6.07) is 3.60. The van der Waals surface area contributed by atoms with E-state index in [2.05, 4.69) is 10.0 Å². The maximum atomic E-state index is 12.9. The number of carbonyl (C=O) groups excluding carboxylic acids is 1. The van der Waals surface area contributed by atoms with Crippen molar-refractivity contribution in [2.75, 3.05) is 13.2 Å². The number of nitrogens with one attached hydrogen (secondary N) is 2. The van der Waals surface area contributed by atoms with Crippen molar-refractivity contribution in [3.8, 4) is 0 Å². The number of aliphatic hydroxyl groups excluding tert-OH is 1. The molecule has 2 rings (SSSR count). The summed E-state index contributed by atoms with van der Waals surface area (Å²) in [5.74, 6) is -0.736. The monoisotopic (exact) mass is 372 g/mol. The van der Waals surface area contributed by atoms with Crippen molar-refractivity contribution >= 4 is 15.9 Å². The molecule has 138 valence electrons. The molecule has 0 unspecified atom stereocenters. The van der Waals surface area contributed by atoms with E-state index < -0.39 is 40.7 Å². The third kappa shape index (κ3) is 5.33. The highest BCUT2D eigenvalue weighted by atomic mass is 32.2. The Morgan fingerprint density at radius 2 is 1.96 bits per heavy atom. The summed E-state index contributed by atoms with van der Waals surface area (Å²) in [5.41, 5.74) is 0. The Labute approximate surface area is 145 Å². The third-order valence-corrected chi connectivity index (χ3v) is 5.11. The van der Waals surface area contributed by atoms with Gasteiger partial charge >= 0.3 is 0 Å². The number of halogens is 1. The fraction of sp³-hybridized carbons (Fsp3) is 0.438. The van der Waals surface area contributed by atoms with Gasteiger partial charge in [-0.2, -0.15) is 0 Å². The minimum atomic E-state index is -3.91. The lowest BCUT2D eigenvalue weighted by Crippen LogP contribution is -2.49. The SMILES string of the molecule is CCNC(=O)C[C@H]1C=C[C@H](NS(=O)(=O)c2ccc(F)cc2)[C@H](CO)O1. The van der Waals surface area contributed by atoms with Gasteiger partial charge in [0.1, 0.15) is 11.9 Å². The standard InChI is InChI=1S/C16H21FN2O5S/c1-2-18-16(21)9-12-5-8-14(15(10-20)24-12)19-25(22,23)13-6-3-11(17)4-7-13/h3-8,12,14-15,19-20H,2,9-10H2,1H3,(H,18,21)/t12-,14+,15+/m1/s1. The number of benzene rings is 1. The van der Waals surface area contributed by atoms with Crippen molar-refractivity contribution in [1.29, 1.82) is 0 Å². The van der Waals surface area contributed by atoms with Gasteiger partial charge in [0, 0.05) is 6.54 Å². The van der Waals surface area contributed by atoms with Gasteiger partial charge in [0.2, 0.25) is 15.9 Å². The van der Waals surface area contributed by atoms with Gasteiger partial charge in [0.25, 0.3) is 0 Å². The van der Waals surface area contributed by atoms with Gasteiger partial charge in [-0.05, 0) is 31.2 Å². The molecule has 3 atom stereocenters. The number of hydrogen-bond acceptors (Lipinski definition) is 5. The first kappa shape index (κ1) is 19.5. The van der Waals surface area contributed by atoms with Crippen LogP contribution in [0.5, 0.6) is 0 Å². The van der Waals surface area contributed by atoms with Crippen molar-refractivity contribution in [2.24, 2.45) is 0 Å². The summed E-state index contributed by atoms with van der Waals surface area (Å²) in [4.78, 5) is 11.5. The summed E-state index contributed by atoms with van der Waals surface area (Å²) in [5, 5.41) is 12.1. The Kier molecular flexibility index (Phi) is 6.65. The first-order chi connectivity index (χ1) is 11.9. The van der Waals surface area contributed by atoms with Gasteiger partial charge in [-0.15, -0.1) is 0 Å². The lowest BCUT2D eigenvalue weighted by molar-refractivity contribution is -0.125. The van der Waals surface area contributed by atoms with Crippen LogP contribution in [-0.4, -0.2) is 50.8 Å². The highest BCUT2D eigenvalue weighted by molar-refractivity contribution is 7.89. The number of ether oxygens (including phenoxy) is 1. The van der Waals surface area contributed by atoms with E-state index in [9.17, 15) is 22.7 Å². The molecule has 7 nitrogen and oxygen atoms in total. The zero-order valence-electron chi connectivity index (χ0n) is 13.7. The number of carbonyl (C=O) groups is 1. The number of sulfonamides is 1. The zero-order valence-corrected chi connectivity index (χ0v) is 14.5. The molecule has 9 heteroatoms. The van der Waals surface area contributed by atoms with Crippen LogP contribution in [-0.2, 0) is 19.6 Å². The quantitative estimate of drug-likeness (QED) is 0.598. The van der Waals surface area contributed by atoms with Crippen LogP contribution in [0.3, 0.4) is 0 Å². The van der Waals surface area contributed by atoms with Crippen molar-refractivity contribution in [2.45, 2.75) is 36.5 Å². The molecule has 0 saturated heterocycles. The highest BCUT2D eigenvalue weighted by Crippen LogP contribution is 2.18. The molecule has 1 amide bonds. The molecule has 0 saturated carbocycles. The molecule has 3 N–H and O–H groups in total. The molecule has 0 aromatic heterocycles. The molecule has 1 aliphatic heterocycles. The molecule has 1 aliphatic rings. The van der Waals surface area contributed by atoms with E-state index in [0.29, 0.717) is 6.54 Å². The van der Waals surface area contributed by atoms with Crippen molar-refractivity contribution in [1.82, 2.24) is 10.0 Å². The first-order valence-corrected chi connectivity index (χ1v) is 9.33. The van der Waals surface area contributed by atoms with E-state index in [1.807, 2.05) is 0 Å². The van der Waals surface area contributed by atoms with Crippen LogP contribution in [0.2, 0.25) is 0 Å². The molecule has 1 heterocycles. The second kappa shape index (κ2) is 8.52. The molecule has 1 aromatic carbocycles. The van der Waals surface area contributed by atoms with E-state index in [1.165, 1.54) is 0 Å². The van der Waals surface area contributed by atoms with Gasteiger partial charge < -0.3 is 15.2 Å². The summed E-state index contributed by atoms with van der Waals surface area (Å²) in [6.07, 6.45) is 1.84. The Morgan fingerprint density at radius 1 is 1.28 bits per heavy atom.